The van der Waals surface area contributed by atoms with Crippen molar-refractivity contribution < 1.29 is 9.32 Å². The molecule has 0 atom stereocenters. The van der Waals surface area contributed by atoms with Gasteiger partial charge in [0.25, 0.3) is 5.91 Å². The molecule has 2 rings (SSSR count). The van der Waals surface area contributed by atoms with E-state index in [0.29, 0.717) is 27.9 Å². The first-order valence-electron chi connectivity index (χ1n) is 4.85. The van der Waals surface area contributed by atoms with Gasteiger partial charge >= 0.3 is 0 Å². The van der Waals surface area contributed by atoms with Crippen LogP contribution in [0, 0.1) is 6.92 Å². The van der Waals surface area contributed by atoms with Gasteiger partial charge in [-0.1, -0.05) is 16.8 Å². The Morgan fingerprint density at radius 3 is 2.76 bits per heavy atom. The van der Waals surface area contributed by atoms with Crippen LogP contribution in [0.25, 0.3) is 0 Å². The molecule has 0 aliphatic rings. The van der Waals surface area contributed by atoms with Crippen LogP contribution in [0.4, 0.5) is 11.5 Å². The largest absolute Gasteiger partial charge is 0.399 e. The zero-order chi connectivity index (χ0) is 12.4. The number of benzene rings is 1. The van der Waals surface area contributed by atoms with E-state index in [-0.39, 0.29) is 5.91 Å². The van der Waals surface area contributed by atoms with E-state index in [4.69, 9.17) is 21.9 Å². The molecule has 1 amide bonds. The minimum atomic E-state index is -0.340. The minimum absolute atomic E-state index is 0.340. The lowest BCUT2D eigenvalue weighted by Crippen LogP contribution is -2.12. The Labute approximate surface area is 103 Å². The lowest BCUT2D eigenvalue weighted by molar-refractivity contribution is 0.102. The summed E-state index contributed by atoms with van der Waals surface area (Å²) < 4.78 is 4.83. The highest BCUT2D eigenvalue weighted by Crippen LogP contribution is 2.18. The van der Waals surface area contributed by atoms with Gasteiger partial charge in [-0.05, 0) is 25.1 Å². The molecule has 17 heavy (non-hydrogen) atoms. The molecule has 1 aromatic carbocycles. The van der Waals surface area contributed by atoms with Gasteiger partial charge in [0.2, 0.25) is 0 Å². The molecule has 1 heterocycles. The fraction of sp³-hybridized carbons (Fsp3) is 0.0909. The molecule has 0 aliphatic heterocycles. The number of rotatable bonds is 2. The van der Waals surface area contributed by atoms with Crippen molar-refractivity contribution >= 4 is 29.0 Å². The molecular weight excluding hydrogens is 242 g/mol. The predicted molar refractivity (Wildman–Crippen MR) is 65.1 cm³/mol. The lowest BCUT2D eigenvalue weighted by atomic mass is 10.2. The number of anilines is 2. The highest BCUT2D eigenvalue weighted by atomic mass is 35.5. The molecule has 0 aliphatic carbocycles. The Hall–Kier alpha value is -2.01. The van der Waals surface area contributed by atoms with Gasteiger partial charge in [-0.3, -0.25) is 4.79 Å². The maximum absolute atomic E-state index is 11.8. The van der Waals surface area contributed by atoms with Crippen molar-refractivity contribution in [3.63, 3.8) is 0 Å². The second-order valence-electron chi connectivity index (χ2n) is 3.55. The Balaban J connectivity index is 2.19. The first-order chi connectivity index (χ1) is 8.04. The lowest BCUT2D eigenvalue weighted by Gasteiger charge is -2.03. The Bertz CT molecular complexity index is 545. The second-order valence-corrected chi connectivity index (χ2v) is 3.99. The summed E-state index contributed by atoms with van der Waals surface area (Å²) in [6.07, 6.45) is 0. The van der Waals surface area contributed by atoms with Crippen molar-refractivity contribution in [1.82, 2.24) is 5.16 Å². The van der Waals surface area contributed by atoms with Crippen molar-refractivity contribution in [3.05, 3.63) is 40.6 Å². The minimum Gasteiger partial charge on any atom is -0.399 e. The van der Waals surface area contributed by atoms with Gasteiger partial charge in [0.05, 0.1) is 0 Å². The van der Waals surface area contributed by atoms with Crippen molar-refractivity contribution in [3.8, 4) is 0 Å². The van der Waals surface area contributed by atoms with Gasteiger partial charge in [-0.15, -0.1) is 0 Å². The van der Waals surface area contributed by atoms with Crippen LogP contribution in [-0.4, -0.2) is 11.1 Å². The van der Waals surface area contributed by atoms with E-state index in [1.165, 1.54) is 12.1 Å². The number of carbonyl (C=O) groups excluding carboxylic acids is 1. The number of hydrogen-bond acceptors (Lipinski definition) is 4. The van der Waals surface area contributed by atoms with E-state index in [1.807, 2.05) is 0 Å². The first kappa shape index (κ1) is 11.5. The molecule has 6 heteroatoms. The topological polar surface area (TPSA) is 81.2 Å². The van der Waals surface area contributed by atoms with Crippen molar-refractivity contribution in [2.45, 2.75) is 6.92 Å². The number of hydrogen-bond donors (Lipinski definition) is 2. The normalized spacial score (nSPS) is 10.2. The van der Waals surface area contributed by atoms with Gasteiger partial charge in [0, 0.05) is 22.3 Å². The number of nitrogens with two attached hydrogens (primary N) is 1. The highest BCUT2D eigenvalue weighted by Gasteiger charge is 2.10. The summed E-state index contributed by atoms with van der Waals surface area (Å²) in [5.41, 5.74) is 6.40. The Morgan fingerprint density at radius 1 is 1.41 bits per heavy atom. The summed E-state index contributed by atoms with van der Waals surface area (Å²) in [5.74, 6) is 0.629. The second kappa shape index (κ2) is 4.47. The smallest absolute Gasteiger partial charge is 0.257 e. The zero-order valence-electron chi connectivity index (χ0n) is 9.03. The van der Waals surface area contributed by atoms with E-state index in [9.17, 15) is 4.79 Å². The summed E-state index contributed by atoms with van der Waals surface area (Å²) in [7, 11) is 0. The van der Waals surface area contributed by atoms with Crippen LogP contribution >= 0.6 is 11.6 Å². The molecule has 88 valence electrons. The molecule has 1 aromatic heterocycles. The van der Waals surface area contributed by atoms with E-state index >= 15 is 0 Å². The van der Waals surface area contributed by atoms with Crippen molar-refractivity contribution in [1.29, 1.82) is 0 Å². The number of halogens is 1. The molecule has 0 bridgehead atoms. The Morgan fingerprint density at radius 2 is 2.18 bits per heavy atom. The summed E-state index contributed by atoms with van der Waals surface area (Å²) in [5, 5.41) is 6.64. The Kier molecular flexibility index (Phi) is 3.01. The maximum atomic E-state index is 11.8. The van der Waals surface area contributed by atoms with Crippen molar-refractivity contribution in [2.24, 2.45) is 0 Å². The van der Waals surface area contributed by atoms with Gasteiger partial charge in [0.1, 0.15) is 5.76 Å². The number of carbonyl (C=O) groups is 1. The summed E-state index contributed by atoms with van der Waals surface area (Å²) >= 11 is 5.81. The van der Waals surface area contributed by atoms with Crippen LogP contribution in [0.15, 0.2) is 28.8 Å². The van der Waals surface area contributed by atoms with Crippen molar-refractivity contribution in [2.75, 3.05) is 11.1 Å². The number of nitrogen functional groups attached to an aromatic ring is 1. The van der Waals surface area contributed by atoms with Crippen LogP contribution in [0.2, 0.25) is 5.02 Å². The van der Waals surface area contributed by atoms with E-state index in [0.717, 1.165) is 0 Å². The first-order valence-corrected chi connectivity index (χ1v) is 5.23. The fourth-order valence-electron chi connectivity index (χ4n) is 1.36. The van der Waals surface area contributed by atoms with E-state index in [2.05, 4.69) is 10.5 Å². The van der Waals surface area contributed by atoms with Crippen LogP contribution < -0.4 is 11.1 Å². The number of nitrogens with one attached hydrogen (secondary N) is 1. The summed E-state index contributed by atoms with van der Waals surface area (Å²) in [4.78, 5) is 11.8. The predicted octanol–water partition coefficient (Wildman–Crippen LogP) is 2.47. The quantitative estimate of drug-likeness (QED) is 0.804. The number of amides is 1. The van der Waals surface area contributed by atoms with Gasteiger partial charge in [0.15, 0.2) is 5.82 Å². The van der Waals surface area contributed by atoms with Crippen LogP contribution in [0.3, 0.4) is 0 Å². The number of nitrogens with zero attached hydrogens (tertiary/aromatic N) is 1. The van der Waals surface area contributed by atoms with Crippen LogP contribution in [0.5, 0.6) is 0 Å². The molecule has 5 nitrogen and oxygen atoms in total. The zero-order valence-corrected chi connectivity index (χ0v) is 9.78. The molecule has 0 fully saturated rings. The van der Waals surface area contributed by atoms with Gasteiger partial charge in [-0.25, -0.2) is 0 Å². The molecule has 0 unspecified atom stereocenters. The van der Waals surface area contributed by atoms with Gasteiger partial charge in [-0.2, -0.15) is 0 Å². The third-order valence-electron chi connectivity index (χ3n) is 2.05. The monoisotopic (exact) mass is 251 g/mol. The molecule has 0 radical (unpaired) electrons. The average Bonchev–Trinajstić information content (AvgIpc) is 2.62. The number of aryl methyl sites for hydroxylation is 1. The average molecular weight is 252 g/mol. The molecule has 0 spiro atoms. The molecule has 0 saturated carbocycles. The highest BCUT2D eigenvalue weighted by molar-refractivity contribution is 6.31. The summed E-state index contributed by atoms with van der Waals surface area (Å²) in [6, 6.07) is 6.25. The molecule has 0 saturated heterocycles. The van der Waals surface area contributed by atoms with Crippen LogP contribution in [0.1, 0.15) is 16.1 Å². The van der Waals surface area contributed by atoms with E-state index in [1.54, 1.807) is 19.1 Å². The number of aromatic nitrogens is 1. The molecular formula is C11H10ClN3O2. The third-order valence-corrected chi connectivity index (χ3v) is 2.27. The maximum Gasteiger partial charge on any atom is 0.257 e. The third kappa shape index (κ3) is 2.76. The summed E-state index contributed by atoms with van der Waals surface area (Å²) in [6.45, 7) is 1.74. The SMILES string of the molecule is Cc1cc(NC(=O)c2cc(N)cc(Cl)c2)no1. The molecule has 2 aromatic rings. The fourth-order valence-corrected chi connectivity index (χ4v) is 1.60. The standard InChI is InChI=1S/C11H10ClN3O2/c1-6-2-10(15-17-6)14-11(16)7-3-8(12)5-9(13)4-7/h2-5H,13H2,1H3,(H,14,15,16). The van der Waals surface area contributed by atoms with Gasteiger partial charge < -0.3 is 15.6 Å². The molecule has 3 N–H and O–H groups in total. The van der Waals surface area contributed by atoms with E-state index < -0.39 is 0 Å². The van der Waals surface area contributed by atoms with Crippen LogP contribution in [-0.2, 0) is 0 Å².